The van der Waals surface area contributed by atoms with E-state index in [-0.39, 0.29) is 35.4 Å². The summed E-state index contributed by atoms with van der Waals surface area (Å²) in [5, 5.41) is 21.4. The van der Waals surface area contributed by atoms with E-state index in [0.717, 1.165) is 38.5 Å². The van der Waals surface area contributed by atoms with Crippen molar-refractivity contribution < 1.29 is 19.8 Å². The first-order valence-electron chi connectivity index (χ1n) is 11.0. The third-order valence-electron chi connectivity index (χ3n) is 9.35. The fraction of sp³-hybridized carbons (Fsp3) is 0.826. The van der Waals surface area contributed by atoms with E-state index in [2.05, 4.69) is 13.8 Å². The molecule has 1 unspecified atom stereocenters. The average molecular weight is 390 g/mol. The monoisotopic (exact) mass is 389 g/mol. The zero-order valence-corrected chi connectivity index (χ0v) is 17.2. The largest absolute Gasteiger partial charge is 0.389 e. The maximum atomic E-state index is 12.4. The van der Waals surface area contributed by atoms with E-state index in [9.17, 15) is 19.8 Å². The molecule has 4 N–H and O–H groups in total. The number of hydrogen-bond acceptors (Lipinski definition) is 5. The van der Waals surface area contributed by atoms with Crippen LogP contribution in [-0.4, -0.2) is 40.0 Å². The van der Waals surface area contributed by atoms with Crippen molar-refractivity contribution in [3.05, 3.63) is 11.6 Å². The first-order valence-corrected chi connectivity index (χ1v) is 11.0. The van der Waals surface area contributed by atoms with Gasteiger partial charge in [-0.25, -0.2) is 0 Å². The fourth-order valence-electron chi connectivity index (χ4n) is 7.50. The average Bonchev–Trinajstić information content (AvgIpc) is 2.92. The molecule has 156 valence electrons. The normalized spacial score (nSPS) is 46.2. The third kappa shape index (κ3) is 2.77. The lowest BCUT2D eigenvalue weighted by atomic mass is 9.46. The van der Waals surface area contributed by atoms with Gasteiger partial charge < -0.3 is 15.9 Å². The molecule has 0 bridgehead atoms. The number of nitrogens with two attached hydrogens (primary N) is 1. The van der Waals surface area contributed by atoms with Crippen molar-refractivity contribution in [3.63, 3.8) is 0 Å². The van der Waals surface area contributed by atoms with E-state index in [1.807, 2.05) is 6.08 Å². The molecular weight excluding hydrogens is 354 g/mol. The second-order valence-corrected chi connectivity index (χ2v) is 10.4. The Balaban J connectivity index is 1.60. The Morgan fingerprint density at radius 3 is 2.61 bits per heavy atom. The Hall–Kier alpha value is -1.04. The highest BCUT2D eigenvalue weighted by Gasteiger charge is 2.64. The van der Waals surface area contributed by atoms with Crippen molar-refractivity contribution >= 4 is 11.6 Å². The first kappa shape index (κ1) is 20.2. The van der Waals surface area contributed by atoms with Crippen LogP contribution in [0.2, 0.25) is 0 Å². The summed E-state index contributed by atoms with van der Waals surface area (Å²) in [6.07, 6.45) is 7.92. The van der Waals surface area contributed by atoms with Crippen LogP contribution in [0.25, 0.3) is 0 Å². The summed E-state index contributed by atoms with van der Waals surface area (Å²) in [4.78, 5) is 24.3. The van der Waals surface area contributed by atoms with Gasteiger partial charge in [-0.2, -0.15) is 0 Å². The topological polar surface area (TPSA) is 101 Å². The lowest BCUT2D eigenvalue weighted by molar-refractivity contribution is -0.150. The molecule has 5 nitrogen and oxygen atoms in total. The summed E-state index contributed by atoms with van der Waals surface area (Å²) >= 11 is 0. The zero-order valence-electron chi connectivity index (χ0n) is 17.2. The van der Waals surface area contributed by atoms with Gasteiger partial charge >= 0.3 is 0 Å². The Bertz CT molecular complexity index is 717. The molecule has 0 amide bonds. The number of hydrogen-bond donors (Lipinski definition) is 3. The number of fused-ring (bicyclic) bond motifs is 5. The van der Waals surface area contributed by atoms with E-state index in [0.29, 0.717) is 30.6 Å². The molecule has 3 saturated carbocycles. The van der Waals surface area contributed by atoms with Gasteiger partial charge in [-0.3, -0.25) is 9.59 Å². The predicted molar refractivity (Wildman–Crippen MR) is 106 cm³/mol. The summed E-state index contributed by atoms with van der Waals surface area (Å²) in [6, 6.07) is 0. The molecule has 0 aliphatic heterocycles. The van der Waals surface area contributed by atoms with Crippen LogP contribution in [0.5, 0.6) is 0 Å². The van der Waals surface area contributed by atoms with Gasteiger partial charge in [-0.05, 0) is 79.6 Å². The van der Waals surface area contributed by atoms with Gasteiger partial charge in [0, 0.05) is 19.4 Å². The highest BCUT2D eigenvalue weighted by Crippen LogP contribution is 2.68. The molecule has 4 rings (SSSR count). The molecule has 0 spiro atoms. The van der Waals surface area contributed by atoms with Gasteiger partial charge in [-0.15, -0.1) is 0 Å². The Labute approximate surface area is 167 Å². The number of aliphatic hydroxyl groups is 2. The Kier molecular flexibility index (Phi) is 4.88. The van der Waals surface area contributed by atoms with E-state index >= 15 is 0 Å². The van der Waals surface area contributed by atoms with Crippen LogP contribution in [0.3, 0.4) is 0 Å². The highest BCUT2D eigenvalue weighted by molar-refractivity contribution is 5.91. The maximum absolute atomic E-state index is 12.4. The van der Waals surface area contributed by atoms with E-state index in [1.165, 1.54) is 5.57 Å². The lowest BCUT2D eigenvalue weighted by Crippen LogP contribution is -2.55. The number of rotatable bonds is 4. The van der Waals surface area contributed by atoms with Crippen molar-refractivity contribution in [1.29, 1.82) is 0 Å². The molecule has 0 radical (unpaired) electrons. The summed E-state index contributed by atoms with van der Waals surface area (Å²) in [6.45, 7) is 4.43. The van der Waals surface area contributed by atoms with Crippen LogP contribution in [0.1, 0.15) is 71.6 Å². The molecule has 28 heavy (non-hydrogen) atoms. The van der Waals surface area contributed by atoms with Crippen molar-refractivity contribution in [3.8, 4) is 0 Å². The molecule has 4 aliphatic rings. The van der Waals surface area contributed by atoms with Gasteiger partial charge in [0.2, 0.25) is 0 Å². The molecule has 0 saturated heterocycles. The lowest BCUT2D eigenvalue weighted by Gasteiger charge is -2.59. The van der Waals surface area contributed by atoms with Crippen LogP contribution < -0.4 is 5.73 Å². The molecule has 3 fully saturated rings. The summed E-state index contributed by atoms with van der Waals surface area (Å²) in [5.74, 6) is 1.44. The zero-order chi connectivity index (χ0) is 20.3. The molecule has 0 aromatic rings. The van der Waals surface area contributed by atoms with Crippen molar-refractivity contribution in [2.75, 3.05) is 6.54 Å². The standard InChI is InChI=1S/C23H35NO4/c1-21-8-5-15(25)11-14(21)3-4-16-17(21)6-9-22(2)18(16)7-10-23(22,28)12-19(26)20(27)13-24/h11,16-18,20,27-28H,3-10,12-13,24H2,1-2H3/t16-,17+,18+,20?,21+,22+,23-/m1/s1. The van der Waals surface area contributed by atoms with E-state index in [4.69, 9.17) is 5.73 Å². The van der Waals surface area contributed by atoms with Gasteiger partial charge in [0.1, 0.15) is 6.10 Å². The molecule has 4 aliphatic carbocycles. The van der Waals surface area contributed by atoms with Crippen LogP contribution >= 0.6 is 0 Å². The first-order chi connectivity index (χ1) is 13.1. The number of carbonyl (C=O) groups excluding carboxylic acids is 2. The molecule has 0 aromatic carbocycles. The minimum absolute atomic E-state index is 0.00662. The summed E-state index contributed by atoms with van der Waals surface area (Å²) < 4.78 is 0. The van der Waals surface area contributed by atoms with Crippen molar-refractivity contribution in [2.24, 2.45) is 34.3 Å². The third-order valence-corrected chi connectivity index (χ3v) is 9.35. The van der Waals surface area contributed by atoms with Gasteiger partial charge in [0.05, 0.1) is 5.60 Å². The molecule has 0 aromatic heterocycles. The second kappa shape index (κ2) is 6.75. The van der Waals surface area contributed by atoms with E-state index < -0.39 is 11.7 Å². The van der Waals surface area contributed by atoms with Crippen molar-refractivity contribution in [1.82, 2.24) is 0 Å². The maximum Gasteiger partial charge on any atom is 0.165 e. The summed E-state index contributed by atoms with van der Waals surface area (Å²) in [5.41, 5.74) is 5.58. The highest BCUT2D eigenvalue weighted by atomic mass is 16.3. The summed E-state index contributed by atoms with van der Waals surface area (Å²) in [7, 11) is 0. The van der Waals surface area contributed by atoms with Crippen LogP contribution in [0, 0.1) is 28.6 Å². The van der Waals surface area contributed by atoms with Gasteiger partial charge in [0.25, 0.3) is 0 Å². The van der Waals surface area contributed by atoms with Gasteiger partial charge in [-0.1, -0.05) is 19.4 Å². The van der Waals surface area contributed by atoms with Gasteiger partial charge in [0.15, 0.2) is 11.6 Å². The number of carbonyl (C=O) groups is 2. The molecule has 5 heteroatoms. The fourth-order valence-corrected chi connectivity index (χ4v) is 7.50. The minimum atomic E-state index is -1.18. The Morgan fingerprint density at radius 1 is 1.18 bits per heavy atom. The van der Waals surface area contributed by atoms with E-state index in [1.54, 1.807) is 0 Å². The minimum Gasteiger partial charge on any atom is -0.389 e. The smallest absolute Gasteiger partial charge is 0.165 e. The number of aliphatic hydroxyl groups excluding tert-OH is 1. The molecule has 7 atom stereocenters. The van der Waals surface area contributed by atoms with Crippen molar-refractivity contribution in [2.45, 2.75) is 83.3 Å². The SMILES string of the molecule is C[C@]12CCC(=O)C=C1CC[C@@H]1[C@@H]2CC[C@@]2(C)[C@H]1CC[C@@]2(O)CC(=O)C(O)CN. The predicted octanol–water partition coefficient (Wildman–Crippen LogP) is 2.53. The number of Topliss-reactive ketones (excluding diaryl/α,β-unsaturated/α-hetero) is 1. The number of ketones is 2. The van der Waals surface area contributed by atoms with Crippen LogP contribution in [0.15, 0.2) is 11.6 Å². The quantitative estimate of drug-likeness (QED) is 0.686. The second-order valence-electron chi connectivity index (χ2n) is 10.4. The number of allylic oxidation sites excluding steroid dienone is 1. The molecule has 0 heterocycles. The van der Waals surface area contributed by atoms with Crippen LogP contribution in [-0.2, 0) is 9.59 Å². The Morgan fingerprint density at radius 2 is 1.89 bits per heavy atom. The molecular formula is C23H35NO4. The van der Waals surface area contributed by atoms with Crippen LogP contribution in [0.4, 0.5) is 0 Å².